The first-order chi connectivity index (χ1) is 18.1. The van der Waals surface area contributed by atoms with Crippen LogP contribution in [0, 0.1) is 25.7 Å². The minimum atomic E-state index is -4.20. The summed E-state index contributed by atoms with van der Waals surface area (Å²) < 4.78 is 66.8. The van der Waals surface area contributed by atoms with Crippen molar-refractivity contribution in [1.29, 1.82) is 0 Å². The van der Waals surface area contributed by atoms with Crippen LogP contribution in [0.1, 0.15) is 55.2 Å². The maximum absolute atomic E-state index is 13.2. The summed E-state index contributed by atoms with van der Waals surface area (Å²) >= 11 is 0. The summed E-state index contributed by atoms with van der Waals surface area (Å²) in [4.78, 5) is 30.3. The third-order valence-electron chi connectivity index (χ3n) is 8.53. The van der Waals surface area contributed by atoms with E-state index in [0.29, 0.717) is 30.8 Å². The number of sulfonamides is 1. The van der Waals surface area contributed by atoms with E-state index in [2.05, 4.69) is 10.3 Å². The number of nitrogens with one attached hydrogen (secondary N) is 1. The van der Waals surface area contributed by atoms with Crippen LogP contribution in [-0.2, 0) is 21.2 Å². The number of rotatable bonds is 6. The number of hydrogen-bond acceptors (Lipinski definition) is 5. The summed E-state index contributed by atoms with van der Waals surface area (Å²) in [7, 11) is -2.04. The van der Waals surface area contributed by atoms with Gasteiger partial charge in [-0.2, -0.15) is 13.2 Å². The van der Waals surface area contributed by atoms with Crippen LogP contribution < -0.4 is 16.0 Å². The van der Waals surface area contributed by atoms with Gasteiger partial charge in [0.1, 0.15) is 11.4 Å². The number of amides is 3. The first-order valence-electron chi connectivity index (χ1n) is 13.2. The zero-order valence-corrected chi connectivity index (χ0v) is 23.3. The van der Waals surface area contributed by atoms with Gasteiger partial charge in [0.15, 0.2) is 0 Å². The fourth-order valence-electron chi connectivity index (χ4n) is 5.95. The Bertz CT molecular complexity index is 1240. The zero-order chi connectivity index (χ0) is 28.8. The number of primary amides is 1. The molecule has 0 atom stereocenters. The van der Waals surface area contributed by atoms with Crippen molar-refractivity contribution in [3.8, 4) is 0 Å². The summed E-state index contributed by atoms with van der Waals surface area (Å²) in [6.07, 6.45) is -2.77. The van der Waals surface area contributed by atoms with Crippen molar-refractivity contribution in [3.05, 3.63) is 28.8 Å². The number of anilines is 1. The predicted octanol–water partition coefficient (Wildman–Crippen LogP) is 3.42. The van der Waals surface area contributed by atoms with Crippen LogP contribution >= 0.6 is 0 Å². The van der Waals surface area contributed by atoms with E-state index >= 15 is 0 Å². The summed E-state index contributed by atoms with van der Waals surface area (Å²) in [5.74, 6) is -1.46. The number of nitrogens with two attached hydrogens (primary N) is 1. The summed E-state index contributed by atoms with van der Waals surface area (Å²) in [5.41, 5.74) is 7.54. The smallest absolute Gasteiger partial charge is 0.351 e. The maximum atomic E-state index is 13.2. The SMILES string of the molecule is Cc1cc(N(C)C(N)=O)cc(C)c1CCS(=O)(=O)N1CCC2(CC1)N=C(C1CCC(C(F)(F)F)CC1)NC2=O. The van der Waals surface area contributed by atoms with Crippen LogP contribution in [0.4, 0.5) is 23.7 Å². The molecule has 0 radical (unpaired) electrons. The molecule has 3 N–H and O–H groups in total. The highest BCUT2D eigenvalue weighted by Crippen LogP contribution is 2.41. The Hall–Kier alpha value is -2.67. The molecule has 1 spiro atoms. The van der Waals surface area contributed by atoms with E-state index in [1.165, 1.54) is 9.21 Å². The lowest BCUT2D eigenvalue weighted by molar-refractivity contribution is -0.182. The number of amidine groups is 1. The van der Waals surface area contributed by atoms with E-state index in [4.69, 9.17) is 5.73 Å². The van der Waals surface area contributed by atoms with Crippen LogP contribution in [0.3, 0.4) is 0 Å². The van der Waals surface area contributed by atoms with Crippen molar-refractivity contribution in [2.45, 2.75) is 70.5 Å². The van der Waals surface area contributed by atoms with Crippen molar-refractivity contribution in [2.24, 2.45) is 22.6 Å². The quantitative estimate of drug-likeness (QED) is 0.543. The Kier molecular flexibility index (Phi) is 8.06. The number of carbonyl (C=O) groups is 2. The Balaban J connectivity index is 1.37. The van der Waals surface area contributed by atoms with Gasteiger partial charge in [0.05, 0.1) is 11.7 Å². The van der Waals surface area contributed by atoms with E-state index < -0.39 is 33.7 Å². The minimum Gasteiger partial charge on any atom is -0.351 e. The van der Waals surface area contributed by atoms with Gasteiger partial charge in [0.25, 0.3) is 5.91 Å². The summed E-state index contributed by atoms with van der Waals surface area (Å²) in [5, 5.41) is 2.80. The molecule has 216 valence electrons. The average Bonchev–Trinajstić information content (AvgIpc) is 3.17. The Morgan fingerprint density at radius 2 is 1.72 bits per heavy atom. The number of nitrogens with zero attached hydrogens (tertiary/aromatic N) is 3. The van der Waals surface area contributed by atoms with E-state index in [9.17, 15) is 31.2 Å². The van der Waals surface area contributed by atoms with Gasteiger partial charge in [0.2, 0.25) is 10.0 Å². The number of hydrogen-bond donors (Lipinski definition) is 2. The van der Waals surface area contributed by atoms with Gasteiger partial charge in [-0.1, -0.05) is 0 Å². The standard InChI is InChI=1S/C26H36F3N5O4S/c1-16-14-20(33(3)24(30)36)15-17(2)21(16)8-13-39(37,38)34-11-9-25(10-12-34)23(35)31-22(32-25)18-4-6-19(7-5-18)26(27,28)29/h14-15,18-19H,4-13H2,1-3H3,(H2,30,36)(H,31,32,35). The molecule has 39 heavy (non-hydrogen) atoms. The van der Waals surface area contributed by atoms with E-state index in [-0.39, 0.29) is 56.4 Å². The molecule has 3 aliphatic rings. The molecule has 1 saturated carbocycles. The molecular weight excluding hydrogens is 535 g/mol. The molecule has 0 bridgehead atoms. The minimum absolute atomic E-state index is 0.0194. The first kappa shape index (κ1) is 29.3. The second-order valence-electron chi connectivity index (χ2n) is 11.0. The highest BCUT2D eigenvalue weighted by Gasteiger charge is 2.49. The number of aliphatic imine (C=N–C) groups is 1. The summed E-state index contributed by atoms with van der Waals surface area (Å²) in [6, 6.07) is 3.01. The topological polar surface area (TPSA) is 125 Å². The van der Waals surface area contributed by atoms with E-state index in [1.807, 2.05) is 13.8 Å². The Morgan fingerprint density at radius 3 is 2.23 bits per heavy atom. The molecule has 2 aliphatic heterocycles. The van der Waals surface area contributed by atoms with Crippen molar-refractivity contribution >= 4 is 33.5 Å². The fourth-order valence-corrected chi connectivity index (χ4v) is 7.41. The molecule has 2 fully saturated rings. The van der Waals surface area contributed by atoms with E-state index in [1.54, 1.807) is 19.2 Å². The molecule has 13 heteroatoms. The van der Waals surface area contributed by atoms with Gasteiger partial charge < -0.3 is 11.1 Å². The molecule has 0 unspecified atom stereocenters. The van der Waals surface area contributed by atoms with E-state index in [0.717, 1.165) is 16.7 Å². The molecule has 0 aromatic heterocycles. The third kappa shape index (κ3) is 6.08. The van der Waals surface area contributed by atoms with Crippen LogP contribution in [0.15, 0.2) is 17.1 Å². The second-order valence-corrected chi connectivity index (χ2v) is 13.1. The van der Waals surface area contributed by atoms with Gasteiger partial charge in [-0.25, -0.2) is 17.5 Å². The average molecular weight is 572 g/mol. The highest BCUT2D eigenvalue weighted by atomic mass is 32.2. The number of carbonyl (C=O) groups excluding carboxylic acids is 2. The van der Waals surface area contributed by atoms with Crippen LogP contribution in [0.2, 0.25) is 0 Å². The zero-order valence-electron chi connectivity index (χ0n) is 22.5. The largest absolute Gasteiger partial charge is 0.391 e. The van der Waals surface area contributed by atoms with Crippen molar-refractivity contribution in [2.75, 3.05) is 30.8 Å². The highest BCUT2D eigenvalue weighted by molar-refractivity contribution is 7.89. The number of aryl methyl sites for hydroxylation is 2. The molecule has 3 amide bonds. The Labute approximate surface area is 227 Å². The number of piperidine rings is 1. The van der Waals surface area contributed by atoms with Crippen molar-refractivity contribution in [3.63, 3.8) is 0 Å². The molecule has 1 aromatic carbocycles. The number of halogens is 3. The summed E-state index contributed by atoms with van der Waals surface area (Å²) in [6.45, 7) is 4.02. The molecule has 2 heterocycles. The number of urea groups is 1. The van der Waals surface area contributed by atoms with Gasteiger partial charge in [0, 0.05) is 31.7 Å². The third-order valence-corrected chi connectivity index (χ3v) is 10.4. The normalized spacial score (nSPS) is 23.9. The lowest BCUT2D eigenvalue weighted by atomic mass is 9.81. The first-order valence-corrected chi connectivity index (χ1v) is 14.8. The Morgan fingerprint density at radius 1 is 1.15 bits per heavy atom. The van der Waals surface area contributed by atoms with Gasteiger partial charge in [-0.05, 0) is 87.6 Å². The molecule has 9 nitrogen and oxygen atoms in total. The number of alkyl halides is 3. The van der Waals surface area contributed by atoms with Crippen LogP contribution in [0.25, 0.3) is 0 Å². The molecule has 1 saturated heterocycles. The van der Waals surface area contributed by atoms with Crippen LogP contribution in [-0.4, -0.2) is 68.1 Å². The monoisotopic (exact) mass is 571 g/mol. The van der Waals surface area contributed by atoms with Gasteiger partial charge in [-0.3, -0.25) is 14.7 Å². The molecular formula is C26H36F3N5O4S. The molecule has 1 aliphatic carbocycles. The second kappa shape index (κ2) is 10.7. The van der Waals surface area contributed by atoms with Crippen LogP contribution in [0.5, 0.6) is 0 Å². The maximum Gasteiger partial charge on any atom is 0.391 e. The lowest BCUT2D eigenvalue weighted by Gasteiger charge is -2.35. The van der Waals surface area contributed by atoms with Crippen molar-refractivity contribution < 1.29 is 31.2 Å². The number of benzene rings is 1. The van der Waals surface area contributed by atoms with Gasteiger partial charge in [-0.15, -0.1) is 0 Å². The lowest BCUT2D eigenvalue weighted by Crippen LogP contribution is -2.51. The van der Waals surface area contributed by atoms with Gasteiger partial charge >= 0.3 is 12.2 Å². The van der Waals surface area contributed by atoms with Crippen molar-refractivity contribution in [1.82, 2.24) is 9.62 Å². The molecule has 1 aromatic rings. The molecule has 4 rings (SSSR count). The predicted molar refractivity (Wildman–Crippen MR) is 142 cm³/mol. The fraction of sp³-hybridized carbons (Fsp3) is 0.654.